The van der Waals surface area contributed by atoms with E-state index in [4.69, 9.17) is 0 Å². The molecule has 0 amide bonds. The number of hydrogen-bond acceptors (Lipinski definition) is 2. The maximum Gasteiger partial charge on any atom is 0.0546 e. The molecule has 2 nitrogen and oxygen atoms in total. The molecule has 12 aromatic rings. The zero-order chi connectivity index (χ0) is 51.2. The van der Waals surface area contributed by atoms with E-state index in [9.17, 15) is 0 Å². The van der Waals surface area contributed by atoms with Gasteiger partial charge in [-0.15, -0.1) is 0 Å². The fraction of sp³-hybridized carbons (Fsp3) is 0.0541. The van der Waals surface area contributed by atoms with E-state index in [1.807, 2.05) is 0 Å². The summed E-state index contributed by atoms with van der Waals surface area (Å²) in [6.45, 7) is 6.97. The molecular weight excluding hydrogens is 917 g/mol. The number of nitrogens with zero attached hydrogens (tertiary/aromatic N) is 2. The van der Waals surface area contributed by atoms with Crippen LogP contribution in [0.2, 0.25) is 0 Å². The molecule has 2 heteroatoms. The average Bonchev–Trinajstić information content (AvgIpc) is 3.76. The Bertz CT molecular complexity index is 4040. The normalized spacial score (nSPS) is 12.2. The van der Waals surface area contributed by atoms with Gasteiger partial charge in [0.15, 0.2) is 0 Å². The third-order valence-corrected chi connectivity index (χ3v) is 15.6. The molecule has 0 aliphatic heterocycles. The van der Waals surface area contributed by atoms with Crippen molar-refractivity contribution in [1.29, 1.82) is 0 Å². The first-order valence-corrected chi connectivity index (χ1v) is 26.4. The summed E-state index contributed by atoms with van der Waals surface area (Å²) in [5.74, 6) is 0. The molecule has 0 fully saturated rings. The molecule has 12 aromatic carbocycles. The summed E-state index contributed by atoms with van der Waals surface area (Å²) in [5, 5.41) is 2.41. The Hall–Kier alpha value is -9.50. The minimum absolute atomic E-state index is 0.121. The quantitative estimate of drug-likeness (QED) is 0.127. The van der Waals surface area contributed by atoms with Crippen molar-refractivity contribution in [3.8, 4) is 66.8 Å². The van der Waals surface area contributed by atoms with Crippen LogP contribution in [0, 0.1) is 6.92 Å². The summed E-state index contributed by atoms with van der Waals surface area (Å²) in [7, 11) is 0. The molecular formula is C74H56N2. The number of benzene rings is 12. The Balaban J connectivity index is 0.932. The Morgan fingerprint density at radius 3 is 1.17 bits per heavy atom. The Kier molecular flexibility index (Phi) is 11.8. The van der Waals surface area contributed by atoms with Gasteiger partial charge in [0.25, 0.3) is 0 Å². The van der Waals surface area contributed by atoms with Crippen LogP contribution in [0.3, 0.4) is 0 Å². The first-order chi connectivity index (χ1) is 37.4. The van der Waals surface area contributed by atoms with Gasteiger partial charge in [-0.05, 0) is 181 Å². The van der Waals surface area contributed by atoms with E-state index in [0.29, 0.717) is 0 Å². The van der Waals surface area contributed by atoms with Gasteiger partial charge >= 0.3 is 0 Å². The molecule has 0 saturated carbocycles. The minimum Gasteiger partial charge on any atom is -0.310 e. The zero-order valence-electron chi connectivity index (χ0n) is 43.0. The summed E-state index contributed by atoms with van der Waals surface area (Å²) >= 11 is 0. The second-order valence-electron chi connectivity index (χ2n) is 20.5. The van der Waals surface area contributed by atoms with Crippen molar-refractivity contribution in [3.05, 3.63) is 302 Å². The van der Waals surface area contributed by atoms with Crippen molar-refractivity contribution < 1.29 is 0 Å². The number of anilines is 6. The molecule has 76 heavy (non-hydrogen) atoms. The highest BCUT2D eigenvalue weighted by Crippen LogP contribution is 2.52. The molecule has 0 radical (unpaired) electrons. The molecule has 0 heterocycles. The molecule has 362 valence electrons. The predicted molar refractivity (Wildman–Crippen MR) is 323 cm³/mol. The largest absolute Gasteiger partial charge is 0.310 e. The number of para-hydroxylation sites is 2. The first kappa shape index (κ1) is 46.3. The SMILES string of the molecule is Cc1cccc2c1-c1ccc(N(c3ccccc3)c3ccc(-c4cc(-c5ccccc5)c(-c5ccc(N(c6ccccc6)c6cc7ccccc7cc6-c6ccccc6)cc5)cc4-c4ccccc4)cc3)cc1C2(C)C. The van der Waals surface area contributed by atoms with E-state index >= 15 is 0 Å². The average molecular weight is 973 g/mol. The van der Waals surface area contributed by atoms with Crippen molar-refractivity contribution >= 4 is 44.9 Å². The molecule has 0 spiro atoms. The highest BCUT2D eigenvalue weighted by atomic mass is 15.1. The van der Waals surface area contributed by atoms with Crippen molar-refractivity contribution in [1.82, 2.24) is 0 Å². The summed E-state index contributed by atoms with van der Waals surface area (Å²) in [4.78, 5) is 4.81. The molecule has 0 saturated heterocycles. The second-order valence-corrected chi connectivity index (χ2v) is 20.5. The smallest absolute Gasteiger partial charge is 0.0546 e. The standard InChI is InChI=1S/C74H56N2/c1-51-22-21-35-70-73(51)64-45-44-63(48-71(64)74(70,2)3)75(59-31-15-7-16-32-59)61-40-36-55(37-41-61)67-49-66(53-25-11-5-12-26-53)68(50-65(67)52-23-9-4-10-24-52)56-38-42-62(43-39-56)76(60-33-17-8-18-34-60)72-47-58-30-20-19-29-57(58)46-69(72)54-27-13-6-14-28-54/h4-50H,1-3H3. The van der Waals surface area contributed by atoms with Crippen LogP contribution in [0.5, 0.6) is 0 Å². The lowest BCUT2D eigenvalue weighted by atomic mass is 9.82. The van der Waals surface area contributed by atoms with Gasteiger partial charge in [-0.25, -0.2) is 0 Å². The first-order valence-electron chi connectivity index (χ1n) is 26.4. The summed E-state index contributed by atoms with van der Waals surface area (Å²) in [5.41, 5.74) is 25.0. The Morgan fingerprint density at radius 1 is 0.263 bits per heavy atom. The van der Waals surface area contributed by atoms with E-state index < -0.39 is 0 Å². The molecule has 0 unspecified atom stereocenters. The van der Waals surface area contributed by atoms with E-state index in [1.54, 1.807) is 0 Å². The van der Waals surface area contributed by atoms with Crippen LogP contribution in [0.15, 0.2) is 285 Å². The lowest BCUT2D eigenvalue weighted by Crippen LogP contribution is -2.16. The van der Waals surface area contributed by atoms with Crippen LogP contribution in [0.1, 0.15) is 30.5 Å². The summed E-state index contributed by atoms with van der Waals surface area (Å²) < 4.78 is 0. The molecule has 0 aromatic heterocycles. The number of rotatable bonds is 11. The third kappa shape index (κ3) is 8.35. The lowest BCUT2D eigenvalue weighted by molar-refractivity contribution is 0.660. The van der Waals surface area contributed by atoms with Gasteiger partial charge in [-0.2, -0.15) is 0 Å². The summed E-state index contributed by atoms with van der Waals surface area (Å²) in [6.07, 6.45) is 0. The fourth-order valence-corrected chi connectivity index (χ4v) is 11.8. The van der Waals surface area contributed by atoms with Gasteiger partial charge in [0.1, 0.15) is 0 Å². The molecule has 1 aliphatic rings. The lowest BCUT2D eigenvalue weighted by Gasteiger charge is -2.29. The number of aryl methyl sites for hydroxylation is 1. The van der Waals surface area contributed by atoms with Gasteiger partial charge < -0.3 is 9.80 Å². The molecule has 0 bridgehead atoms. The summed E-state index contributed by atoms with van der Waals surface area (Å²) in [6, 6.07) is 104. The Morgan fingerprint density at radius 2 is 0.658 bits per heavy atom. The van der Waals surface area contributed by atoms with Gasteiger partial charge in [-0.1, -0.05) is 214 Å². The molecule has 0 N–H and O–H groups in total. The number of fused-ring (bicyclic) bond motifs is 4. The van der Waals surface area contributed by atoms with Crippen LogP contribution >= 0.6 is 0 Å². The highest BCUT2D eigenvalue weighted by Gasteiger charge is 2.37. The van der Waals surface area contributed by atoms with E-state index in [2.05, 4.69) is 316 Å². The van der Waals surface area contributed by atoms with E-state index in [1.165, 1.54) is 83.1 Å². The van der Waals surface area contributed by atoms with Crippen molar-refractivity contribution in [2.24, 2.45) is 0 Å². The zero-order valence-corrected chi connectivity index (χ0v) is 43.0. The molecule has 0 atom stereocenters. The van der Waals surface area contributed by atoms with Crippen molar-refractivity contribution in [2.75, 3.05) is 9.80 Å². The van der Waals surface area contributed by atoms with Crippen molar-refractivity contribution in [2.45, 2.75) is 26.2 Å². The van der Waals surface area contributed by atoms with Gasteiger partial charge in [0, 0.05) is 39.4 Å². The molecule has 1 aliphatic carbocycles. The van der Waals surface area contributed by atoms with E-state index in [0.717, 1.165) is 45.3 Å². The fourth-order valence-electron chi connectivity index (χ4n) is 11.8. The van der Waals surface area contributed by atoms with E-state index in [-0.39, 0.29) is 5.41 Å². The highest BCUT2D eigenvalue weighted by molar-refractivity contribution is 6.00. The van der Waals surface area contributed by atoms with Crippen LogP contribution in [0.25, 0.3) is 77.5 Å². The maximum atomic E-state index is 2.42. The van der Waals surface area contributed by atoms with Crippen molar-refractivity contribution in [3.63, 3.8) is 0 Å². The maximum absolute atomic E-state index is 2.42. The van der Waals surface area contributed by atoms with Crippen LogP contribution in [0.4, 0.5) is 34.1 Å². The van der Waals surface area contributed by atoms with Crippen LogP contribution in [-0.4, -0.2) is 0 Å². The van der Waals surface area contributed by atoms with Crippen LogP contribution in [-0.2, 0) is 5.41 Å². The van der Waals surface area contributed by atoms with Gasteiger partial charge in [0.2, 0.25) is 0 Å². The molecule has 13 rings (SSSR count). The van der Waals surface area contributed by atoms with Gasteiger partial charge in [-0.3, -0.25) is 0 Å². The monoisotopic (exact) mass is 972 g/mol. The Labute approximate surface area is 447 Å². The number of hydrogen-bond donors (Lipinski definition) is 0. The third-order valence-electron chi connectivity index (χ3n) is 15.6. The topological polar surface area (TPSA) is 6.48 Å². The predicted octanol–water partition coefficient (Wildman–Crippen LogP) is 20.7. The van der Waals surface area contributed by atoms with Gasteiger partial charge in [0.05, 0.1) is 5.69 Å². The minimum atomic E-state index is -0.121. The van der Waals surface area contributed by atoms with Crippen LogP contribution < -0.4 is 9.80 Å². The second kappa shape index (κ2) is 19.4.